The standard InChI is InChI=1S/C31H45FN4OS/c1-5-17-35-28-18-29(27(20-34-4)22(3)33)38-31(28)21(2)25-8-6-7-23(9-13-25)12-16-30(37)36-19-24-10-14-26(32)15-11-24/h5,10-11,14-15,18,20-23,25,34-35H,1,6-9,12-13,16-17,19,33H2,2-4H3,(H,36,37)/b27-20+/t21?,22?,23-,25+/m1/s1. The van der Waals surface area contributed by atoms with Crippen LogP contribution < -0.4 is 21.7 Å². The van der Waals surface area contributed by atoms with Crippen LogP contribution in [0.25, 0.3) is 5.57 Å². The molecule has 7 heteroatoms. The second kappa shape index (κ2) is 15.1. The molecule has 1 aliphatic carbocycles. The first-order valence-electron chi connectivity index (χ1n) is 13.9. The van der Waals surface area contributed by atoms with E-state index < -0.39 is 0 Å². The smallest absolute Gasteiger partial charge is 0.220 e. The first-order valence-corrected chi connectivity index (χ1v) is 14.8. The lowest BCUT2D eigenvalue weighted by molar-refractivity contribution is -0.121. The lowest BCUT2D eigenvalue weighted by atomic mass is 9.85. The Morgan fingerprint density at radius 2 is 1.97 bits per heavy atom. The number of nitrogens with one attached hydrogen (secondary N) is 3. The van der Waals surface area contributed by atoms with E-state index in [0.29, 0.717) is 30.7 Å². The SMILES string of the molecule is C=CCNc1cc(/C(=C/NC)C(C)N)sc1C(C)[C@H]1CCC[C@@H](CCC(=O)NCc2ccc(F)cc2)CC1. The number of carbonyl (C=O) groups is 1. The zero-order valence-electron chi connectivity index (χ0n) is 23.2. The monoisotopic (exact) mass is 540 g/mol. The molecule has 38 heavy (non-hydrogen) atoms. The first-order chi connectivity index (χ1) is 18.3. The van der Waals surface area contributed by atoms with Crippen molar-refractivity contribution in [2.24, 2.45) is 17.6 Å². The van der Waals surface area contributed by atoms with E-state index in [1.54, 1.807) is 12.1 Å². The molecule has 1 saturated carbocycles. The van der Waals surface area contributed by atoms with Gasteiger partial charge in [-0.25, -0.2) is 4.39 Å². The number of carbonyl (C=O) groups excluding carboxylic acids is 1. The second-order valence-electron chi connectivity index (χ2n) is 10.6. The third-order valence-electron chi connectivity index (χ3n) is 7.71. The highest BCUT2D eigenvalue weighted by atomic mass is 32.1. The average Bonchev–Trinajstić information content (AvgIpc) is 3.17. The number of rotatable bonds is 13. The van der Waals surface area contributed by atoms with Gasteiger partial charge in [-0.2, -0.15) is 0 Å². The fourth-order valence-electron chi connectivity index (χ4n) is 5.42. The molecule has 0 spiro atoms. The molecule has 1 amide bonds. The van der Waals surface area contributed by atoms with Crippen molar-refractivity contribution < 1.29 is 9.18 Å². The van der Waals surface area contributed by atoms with Crippen molar-refractivity contribution in [3.05, 3.63) is 70.3 Å². The lowest BCUT2D eigenvalue weighted by Gasteiger charge is -2.23. The van der Waals surface area contributed by atoms with Crippen LogP contribution in [0, 0.1) is 17.7 Å². The molecule has 1 aliphatic rings. The minimum Gasteiger partial charge on any atom is -0.394 e. The van der Waals surface area contributed by atoms with Gasteiger partial charge in [-0.15, -0.1) is 17.9 Å². The number of amides is 1. The van der Waals surface area contributed by atoms with Crippen LogP contribution in [0.5, 0.6) is 0 Å². The number of hydrogen-bond acceptors (Lipinski definition) is 5. The van der Waals surface area contributed by atoms with Crippen molar-refractivity contribution in [3.63, 3.8) is 0 Å². The van der Waals surface area contributed by atoms with Crippen molar-refractivity contribution in [3.8, 4) is 0 Å². The van der Waals surface area contributed by atoms with Crippen LogP contribution in [0.15, 0.2) is 49.2 Å². The summed E-state index contributed by atoms with van der Waals surface area (Å²) >= 11 is 1.86. The van der Waals surface area contributed by atoms with Gasteiger partial charge in [0, 0.05) is 59.8 Å². The maximum absolute atomic E-state index is 13.1. The summed E-state index contributed by atoms with van der Waals surface area (Å²) < 4.78 is 13.1. The molecule has 1 aromatic carbocycles. The zero-order valence-corrected chi connectivity index (χ0v) is 24.0. The highest BCUT2D eigenvalue weighted by Crippen LogP contribution is 2.44. The van der Waals surface area contributed by atoms with Gasteiger partial charge in [0.25, 0.3) is 0 Å². The van der Waals surface area contributed by atoms with Crippen LogP contribution in [0.2, 0.25) is 0 Å². The Labute approximate surface area is 232 Å². The highest BCUT2D eigenvalue weighted by molar-refractivity contribution is 7.13. The maximum Gasteiger partial charge on any atom is 0.220 e. The molecular formula is C31H45FN4OS. The summed E-state index contributed by atoms with van der Waals surface area (Å²) in [5, 5.41) is 9.69. The van der Waals surface area contributed by atoms with Crippen LogP contribution in [0.3, 0.4) is 0 Å². The van der Waals surface area contributed by atoms with Crippen LogP contribution >= 0.6 is 11.3 Å². The maximum atomic E-state index is 13.1. The summed E-state index contributed by atoms with van der Waals surface area (Å²) in [6.07, 6.45) is 11.3. The molecule has 0 aliphatic heterocycles. The number of anilines is 1. The largest absolute Gasteiger partial charge is 0.394 e. The number of hydrogen-bond donors (Lipinski definition) is 4. The molecule has 2 aromatic rings. The molecule has 2 unspecified atom stereocenters. The molecule has 4 atom stereocenters. The molecular weight excluding hydrogens is 495 g/mol. The number of benzene rings is 1. The summed E-state index contributed by atoms with van der Waals surface area (Å²) in [6, 6.07) is 8.48. The van der Waals surface area contributed by atoms with E-state index in [1.807, 2.05) is 37.6 Å². The number of halogens is 1. The van der Waals surface area contributed by atoms with Gasteiger partial charge in [0.15, 0.2) is 0 Å². The summed E-state index contributed by atoms with van der Waals surface area (Å²) in [7, 11) is 1.91. The molecule has 3 rings (SSSR count). The Kier molecular flexibility index (Phi) is 11.9. The van der Waals surface area contributed by atoms with Gasteiger partial charge < -0.3 is 21.7 Å². The van der Waals surface area contributed by atoms with E-state index in [-0.39, 0.29) is 17.8 Å². The topological polar surface area (TPSA) is 79.2 Å². The highest BCUT2D eigenvalue weighted by Gasteiger charge is 2.28. The molecule has 5 N–H and O–H groups in total. The molecule has 0 radical (unpaired) electrons. The van der Waals surface area contributed by atoms with Gasteiger partial charge in [0.05, 0.1) is 0 Å². The fraction of sp³-hybridized carbons (Fsp3) is 0.516. The Morgan fingerprint density at radius 1 is 1.21 bits per heavy atom. The average molecular weight is 541 g/mol. The number of thiophene rings is 1. The molecule has 0 bridgehead atoms. The predicted molar refractivity (Wildman–Crippen MR) is 160 cm³/mol. The van der Waals surface area contributed by atoms with Gasteiger partial charge in [0.1, 0.15) is 5.82 Å². The van der Waals surface area contributed by atoms with Crippen molar-refractivity contribution in [2.75, 3.05) is 18.9 Å². The molecule has 208 valence electrons. The van der Waals surface area contributed by atoms with E-state index in [4.69, 9.17) is 5.73 Å². The summed E-state index contributed by atoms with van der Waals surface area (Å²) in [5.41, 5.74) is 9.52. The minimum absolute atomic E-state index is 0.0527. The van der Waals surface area contributed by atoms with E-state index in [0.717, 1.165) is 24.1 Å². The molecule has 1 heterocycles. The van der Waals surface area contributed by atoms with Crippen LogP contribution in [0.4, 0.5) is 10.1 Å². The van der Waals surface area contributed by atoms with Crippen molar-refractivity contribution >= 4 is 28.5 Å². The van der Waals surface area contributed by atoms with Crippen molar-refractivity contribution in [1.82, 2.24) is 10.6 Å². The lowest BCUT2D eigenvalue weighted by Crippen LogP contribution is -2.23. The third kappa shape index (κ3) is 8.70. The Balaban J connectivity index is 1.57. The first kappa shape index (κ1) is 29.9. The summed E-state index contributed by atoms with van der Waals surface area (Å²) in [4.78, 5) is 15.0. The predicted octanol–water partition coefficient (Wildman–Crippen LogP) is 6.79. The van der Waals surface area contributed by atoms with Crippen LogP contribution in [0.1, 0.15) is 80.0 Å². The Morgan fingerprint density at radius 3 is 2.66 bits per heavy atom. The van der Waals surface area contributed by atoms with Gasteiger partial charge in [0.2, 0.25) is 5.91 Å². The Hall–Kier alpha value is -2.64. The van der Waals surface area contributed by atoms with Crippen LogP contribution in [-0.2, 0) is 11.3 Å². The van der Waals surface area contributed by atoms with Crippen LogP contribution in [-0.4, -0.2) is 25.5 Å². The van der Waals surface area contributed by atoms with E-state index >= 15 is 0 Å². The Bertz CT molecular complexity index is 1060. The van der Waals surface area contributed by atoms with Gasteiger partial charge in [-0.05, 0) is 67.7 Å². The number of nitrogens with two attached hydrogens (primary N) is 1. The normalized spacial score (nSPS) is 19.8. The van der Waals surface area contributed by atoms with E-state index in [2.05, 4.69) is 35.5 Å². The zero-order chi connectivity index (χ0) is 27.5. The molecule has 0 saturated heterocycles. The minimum atomic E-state index is -0.259. The second-order valence-corrected chi connectivity index (χ2v) is 11.7. The van der Waals surface area contributed by atoms with Gasteiger partial charge >= 0.3 is 0 Å². The molecule has 1 aromatic heterocycles. The van der Waals surface area contributed by atoms with Gasteiger partial charge in [-0.1, -0.05) is 44.4 Å². The van der Waals surface area contributed by atoms with Crippen molar-refractivity contribution in [1.29, 1.82) is 0 Å². The van der Waals surface area contributed by atoms with E-state index in [1.165, 1.54) is 59.7 Å². The molecule has 5 nitrogen and oxygen atoms in total. The third-order valence-corrected chi connectivity index (χ3v) is 9.09. The quantitative estimate of drug-likeness (QED) is 0.167. The summed E-state index contributed by atoms with van der Waals surface area (Å²) in [5.74, 6) is 1.47. The summed E-state index contributed by atoms with van der Waals surface area (Å²) in [6.45, 7) is 9.45. The van der Waals surface area contributed by atoms with Gasteiger partial charge in [-0.3, -0.25) is 4.79 Å². The van der Waals surface area contributed by atoms with Crippen molar-refractivity contribution in [2.45, 2.75) is 77.3 Å². The fourth-order valence-corrected chi connectivity index (χ4v) is 6.82. The molecule has 1 fully saturated rings. The van der Waals surface area contributed by atoms with E-state index in [9.17, 15) is 9.18 Å².